The zero-order valence-electron chi connectivity index (χ0n) is 15.2. The Bertz CT molecular complexity index is 930. The number of esters is 1. The molecular formula is C21H24N2O3. The van der Waals surface area contributed by atoms with Gasteiger partial charge in [-0.15, -0.1) is 0 Å². The summed E-state index contributed by atoms with van der Waals surface area (Å²) in [4.78, 5) is 19.0. The fourth-order valence-corrected chi connectivity index (χ4v) is 5.88. The van der Waals surface area contributed by atoms with E-state index in [0.717, 1.165) is 24.9 Å². The second-order valence-corrected chi connectivity index (χ2v) is 7.81. The second-order valence-electron chi connectivity index (χ2n) is 7.81. The van der Waals surface area contributed by atoms with E-state index >= 15 is 0 Å². The quantitative estimate of drug-likeness (QED) is 0.644. The predicted molar refractivity (Wildman–Crippen MR) is 98.6 cm³/mol. The number of carbonyl (C=O) groups excluding carboxylic acids is 1. The van der Waals surface area contributed by atoms with Crippen LogP contribution in [-0.4, -0.2) is 47.3 Å². The van der Waals surface area contributed by atoms with Crippen molar-refractivity contribution >= 4 is 16.9 Å². The molecule has 0 aliphatic carbocycles. The van der Waals surface area contributed by atoms with Gasteiger partial charge in [0.25, 0.3) is 0 Å². The van der Waals surface area contributed by atoms with Crippen molar-refractivity contribution in [3.05, 3.63) is 47.2 Å². The van der Waals surface area contributed by atoms with E-state index < -0.39 is 5.41 Å². The SMILES string of the molecule is CC=C1CN2[C@H]3Cc4c([nH]c5ccccc45)[C@@H]2C[C@H]1[C@]3(CO)C(=O)OC. The second kappa shape index (κ2) is 5.44. The van der Waals surface area contributed by atoms with Crippen molar-refractivity contribution in [2.75, 3.05) is 20.3 Å². The lowest BCUT2D eigenvalue weighted by molar-refractivity contribution is -0.183. The molecule has 1 aromatic heterocycles. The average Bonchev–Trinajstić information content (AvgIpc) is 3.06. The summed E-state index contributed by atoms with van der Waals surface area (Å²) >= 11 is 0. The Hall–Kier alpha value is -2.11. The van der Waals surface area contributed by atoms with Gasteiger partial charge in [-0.3, -0.25) is 9.69 Å². The van der Waals surface area contributed by atoms with Crippen molar-refractivity contribution in [3.8, 4) is 0 Å². The molecular weight excluding hydrogens is 328 g/mol. The number of fused-ring (bicyclic) bond motifs is 4. The molecule has 4 aliphatic heterocycles. The molecule has 2 aromatic rings. The van der Waals surface area contributed by atoms with E-state index in [1.54, 1.807) is 0 Å². The van der Waals surface area contributed by atoms with Gasteiger partial charge < -0.3 is 14.8 Å². The first-order chi connectivity index (χ1) is 12.7. The standard InChI is InChI=1S/C21H24N2O3/c1-3-12-10-23-17-9-15(12)21(11-24,20(25)26-2)18(23)8-14-13-6-4-5-7-16(13)22-19(14)17/h3-7,15,17-18,22,24H,8-11H2,1-2H3/t15-,17+,18+,21+/m1/s1. The number of para-hydroxylation sites is 1. The van der Waals surface area contributed by atoms with Crippen LogP contribution in [-0.2, 0) is 16.0 Å². The summed E-state index contributed by atoms with van der Waals surface area (Å²) < 4.78 is 5.22. The number of piperidine rings is 3. The zero-order chi connectivity index (χ0) is 18.1. The zero-order valence-corrected chi connectivity index (χ0v) is 15.2. The van der Waals surface area contributed by atoms with Crippen LogP contribution in [0, 0.1) is 11.3 Å². The highest BCUT2D eigenvalue weighted by Gasteiger charge is 2.64. The Balaban J connectivity index is 1.73. The Morgan fingerprint density at radius 1 is 1.46 bits per heavy atom. The molecule has 5 heterocycles. The normalized spacial score (nSPS) is 36.3. The number of benzene rings is 1. The highest BCUT2D eigenvalue weighted by atomic mass is 16.5. The molecule has 4 aliphatic rings. The highest BCUT2D eigenvalue weighted by molar-refractivity contribution is 5.86. The topological polar surface area (TPSA) is 65.6 Å². The van der Waals surface area contributed by atoms with Gasteiger partial charge >= 0.3 is 5.97 Å². The number of hydrogen-bond acceptors (Lipinski definition) is 4. The lowest BCUT2D eigenvalue weighted by Crippen LogP contribution is -2.69. The summed E-state index contributed by atoms with van der Waals surface area (Å²) in [6.07, 6.45) is 3.72. The molecule has 5 heteroatoms. The molecule has 0 amide bonds. The Labute approximate surface area is 152 Å². The third kappa shape index (κ3) is 1.75. The number of nitrogens with zero attached hydrogens (tertiary/aromatic N) is 1. The fraction of sp³-hybridized carbons (Fsp3) is 0.476. The van der Waals surface area contributed by atoms with Gasteiger partial charge in [0.2, 0.25) is 0 Å². The minimum atomic E-state index is -0.874. The van der Waals surface area contributed by atoms with Crippen LogP contribution in [0.2, 0.25) is 0 Å². The first kappa shape index (κ1) is 16.1. The van der Waals surface area contributed by atoms with Crippen molar-refractivity contribution in [1.82, 2.24) is 9.88 Å². The minimum Gasteiger partial charge on any atom is -0.468 e. The van der Waals surface area contributed by atoms with Crippen LogP contribution in [0.25, 0.3) is 10.9 Å². The molecule has 3 fully saturated rings. The monoisotopic (exact) mass is 352 g/mol. The number of rotatable bonds is 2. The van der Waals surface area contributed by atoms with Crippen LogP contribution >= 0.6 is 0 Å². The number of hydrogen-bond donors (Lipinski definition) is 2. The van der Waals surface area contributed by atoms with Crippen LogP contribution in [0.1, 0.15) is 30.6 Å². The number of aliphatic hydroxyl groups is 1. The smallest absolute Gasteiger partial charge is 0.316 e. The molecule has 136 valence electrons. The summed E-state index contributed by atoms with van der Waals surface area (Å²) in [5, 5.41) is 11.7. The van der Waals surface area contributed by atoms with Gasteiger partial charge in [0, 0.05) is 35.1 Å². The van der Waals surface area contributed by atoms with Crippen LogP contribution in [0.3, 0.4) is 0 Å². The van der Waals surface area contributed by atoms with Crippen LogP contribution in [0.5, 0.6) is 0 Å². The van der Waals surface area contributed by atoms with Crippen molar-refractivity contribution in [1.29, 1.82) is 0 Å². The number of H-pyrrole nitrogens is 1. The average molecular weight is 352 g/mol. The van der Waals surface area contributed by atoms with Gasteiger partial charge in [-0.2, -0.15) is 0 Å². The minimum absolute atomic E-state index is 0.0286. The third-order valence-corrected chi connectivity index (χ3v) is 7.06. The lowest BCUT2D eigenvalue weighted by Gasteiger charge is -2.62. The number of methoxy groups -OCH3 is 1. The largest absolute Gasteiger partial charge is 0.468 e. The van der Waals surface area contributed by atoms with Gasteiger partial charge in [-0.1, -0.05) is 29.8 Å². The molecule has 5 atom stereocenters. The van der Waals surface area contributed by atoms with E-state index in [0.29, 0.717) is 0 Å². The third-order valence-electron chi connectivity index (χ3n) is 7.06. The highest BCUT2D eigenvalue weighted by Crippen LogP contribution is 2.59. The number of nitrogens with one attached hydrogen (secondary N) is 1. The van der Waals surface area contributed by atoms with Gasteiger partial charge in [-0.05, 0) is 31.4 Å². The summed E-state index contributed by atoms with van der Waals surface area (Å²) in [5.41, 5.74) is 4.12. The maximum atomic E-state index is 12.9. The summed E-state index contributed by atoms with van der Waals surface area (Å²) in [7, 11) is 1.43. The van der Waals surface area contributed by atoms with E-state index in [-0.39, 0.29) is 30.6 Å². The van der Waals surface area contributed by atoms with Crippen LogP contribution in [0.15, 0.2) is 35.9 Å². The molecule has 26 heavy (non-hydrogen) atoms. The molecule has 3 saturated heterocycles. The van der Waals surface area contributed by atoms with Gasteiger partial charge in [-0.25, -0.2) is 0 Å². The molecule has 1 unspecified atom stereocenters. The molecule has 6 rings (SSSR count). The Kier molecular flexibility index (Phi) is 3.37. The molecule has 5 nitrogen and oxygen atoms in total. The van der Waals surface area contributed by atoms with Gasteiger partial charge in [0.15, 0.2) is 0 Å². The maximum Gasteiger partial charge on any atom is 0.316 e. The molecule has 4 bridgehead atoms. The number of carbonyl (C=O) groups is 1. The molecule has 1 aromatic carbocycles. The number of ether oxygens (including phenoxy) is 1. The first-order valence-electron chi connectivity index (χ1n) is 9.35. The van der Waals surface area contributed by atoms with E-state index in [9.17, 15) is 9.90 Å². The van der Waals surface area contributed by atoms with E-state index in [1.807, 2.05) is 13.0 Å². The van der Waals surface area contributed by atoms with Crippen molar-refractivity contribution in [2.24, 2.45) is 11.3 Å². The maximum absolute atomic E-state index is 12.9. The Morgan fingerprint density at radius 2 is 2.27 bits per heavy atom. The van der Waals surface area contributed by atoms with Gasteiger partial charge in [0.1, 0.15) is 5.41 Å². The predicted octanol–water partition coefficient (Wildman–Crippen LogP) is 2.57. The summed E-state index contributed by atoms with van der Waals surface area (Å²) in [6.45, 7) is 2.72. The van der Waals surface area contributed by atoms with Crippen molar-refractivity contribution in [2.45, 2.75) is 31.8 Å². The van der Waals surface area contributed by atoms with E-state index in [1.165, 1.54) is 29.3 Å². The first-order valence-corrected chi connectivity index (χ1v) is 9.35. The summed E-state index contributed by atoms with van der Waals surface area (Å²) in [6, 6.07) is 8.61. The molecule has 0 saturated carbocycles. The molecule has 0 radical (unpaired) electrons. The number of aromatic amines is 1. The van der Waals surface area contributed by atoms with Crippen molar-refractivity contribution < 1.29 is 14.6 Å². The van der Waals surface area contributed by atoms with Gasteiger partial charge in [0.05, 0.1) is 19.8 Å². The van der Waals surface area contributed by atoms with E-state index in [4.69, 9.17) is 4.74 Å². The lowest BCUT2D eigenvalue weighted by atomic mass is 9.55. The fourth-order valence-electron chi connectivity index (χ4n) is 5.88. The van der Waals surface area contributed by atoms with E-state index in [2.05, 4.69) is 34.2 Å². The molecule has 0 spiro atoms. The van der Waals surface area contributed by atoms with Crippen molar-refractivity contribution in [3.63, 3.8) is 0 Å². The Morgan fingerprint density at radius 3 is 3.00 bits per heavy atom. The molecule has 2 N–H and O–H groups in total. The summed E-state index contributed by atoms with van der Waals surface area (Å²) in [5.74, 6) is -0.245. The number of aromatic nitrogens is 1. The number of allylic oxidation sites excluding steroid dienone is 1. The van der Waals surface area contributed by atoms with Crippen LogP contribution < -0.4 is 0 Å². The number of aliphatic hydroxyl groups excluding tert-OH is 1. The van der Waals surface area contributed by atoms with Crippen LogP contribution in [0.4, 0.5) is 0 Å².